The molecular formula is C20H22N4O4S. The summed E-state index contributed by atoms with van der Waals surface area (Å²) in [6.45, 7) is 4.38. The summed E-state index contributed by atoms with van der Waals surface area (Å²) in [5.41, 5.74) is 1.90. The zero-order valence-corrected chi connectivity index (χ0v) is 16.9. The number of hydrogen-bond acceptors (Lipinski definition) is 5. The van der Waals surface area contributed by atoms with Gasteiger partial charge in [0.15, 0.2) is 5.03 Å². The highest BCUT2D eigenvalue weighted by atomic mass is 32.2. The van der Waals surface area contributed by atoms with Crippen LogP contribution in [-0.2, 0) is 16.4 Å². The van der Waals surface area contributed by atoms with Crippen LogP contribution in [0.25, 0.3) is 0 Å². The Bertz CT molecular complexity index is 1090. The number of amides is 1. The van der Waals surface area contributed by atoms with Crippen LogP contribution in [0.3, 0.4) is 0 Å². The number of ether oxygens (including phenoxy) is 1. The van der Waals surface area contributed by atoms with Gasteiger partial charge in [0.2, 0.25) is 0 Å². The van der Waals surface area contributed by atoms with E-state index in [1.807, 2.05) is 32.0 Å². The summed E-state index contributed by atoms with van der Waals surface area (Å²) in [5, 5.41) is 8.54. The minimum Gasteiger partial charge on any atom is -0.494 e. The molecule has 8 nitrogen and oxygen atoms in total. The molecule has 0 radical (unpaired) electrons. The Hall–Kier alpha value is -3.33. The number of nitrogens with one attached hydrogen (secondary N) is 3. The number of carbonyl (C=O) groups is 1. The molecular weight excluding hydrogens is 392 g/mol. The highest BCUT2D eigenvalue weighted by Crippen LogP contribution is 2.21. The van der Waals surface area contributed by atoms with E-state index in [9.17, 15) is 13.2 Å². The molecule has 0 saturated carbocycles. The summed E-state index contributed by atoms with van der Waals surface area (Å²) in [5.74, 6) is 0.0606. The Labute approximate surface area is 169 Å². The minimum atomic E-state index is -4.05. The van der Waals surface area contributed by atoms with E-state index >= 15 is 0 Å². The fraction of sp³-hybridized carbons (Fsp3) is 0.200. The molecule has 0 spiro atoms. The molecule has 29 heavy (non-hydrogen) atoms. The summed E-state index contributed by atoms with van der Waals surface area (Å²) in [6, 6.07) is 13.8. The number of sulfonamides is 1. The molecule has 0 saturated heterocycles. The Morgan fingerprint density at radius 3 is 2.55 bits per heavy atom. The molecule has 3 rings (SSSR count). The fourth-order valence-electron chi connectivity index (χ4n) is 2.70. The maximum atomic E-state index is 12.8. The number of H-pyrrole nitrogens is 1. The molecule has 2 aromatic carbocycles. The molecule has 0 atom stereocenters. The minimum absolute atomic E-state index is 0.0784. The summed E-state index contributed by atoms with van der Waals surface area (Å²) in [4.78, 5) is 12.6. The topological polar surface area (TPSA) is 113 Å². The van der Waals surface area contributed by atoms with Crippen LogP contribution < -0.4 is 14.8 Å². The van der Waals surface area contributed by atoms with Crippen molar-refractivity contribution >= 4 is 27.3 Å². The number of nitrogens with zero attached hydrogens (tertiary/aromatic N) is 1. The van der Waals surface area contributed by atoms with Crippen LogP contribution >= 0.6 is 0 Å². The normalized spacial score (nSPS) is 11.1. The second-order valence-corrected chi connectivity index (χ2v) is 7.80. The van der Waals surface area contributed by atoms with E-state index in [1.54, 1.807) is 30.3 Å². The van der Waals surface area contributed by atoms with Gasteiger partial charge in [0, 0.05) is 11.4 Å². The number of aromatic nitrogens is 2. The Kier molecular flexibility index (Phi) is 6.18. The average Bonchev–Trinajstić information content (AvgIpc) is 3.21. The van der Waals surface area contributed by atoms with Gasteiger partial charge in [-0.25, -0.2) is 0 Å². The zero-order chi connectivity index (χ0) is 20.9. The molecule has 0 unspecified atom stereocenters. The highest BCUT2D eigenvalue weighted by molar-refractivity contribution is 7.92. The van der Waals surface area contributed by atoms with Crippen molar-refractivity contribution in [2.24, 2.45) is 0 Å². The lowest BCUT2D eigenvalue weighted by atomic mass is 10.1. The van der Waals surface area contributed by atoms with Gasteiger partial charge in [0.25, 0.3) is 15.9 Å². The molecule has 152 valence electrons. The first-order valence-corrected chi connectivity index (χ1v) is 10.6. The summed E-state index contributed by atoms with van der Waals surface area (Å²) in [7, 11) is -4.05. The average molecular weight is 414 g/mol. The van der Waals surface area contributed by atoms with Crippen molar-refractivity contribution in [1.29, 1.82) is 0 Å². The number of anilines is 2. The smallest absolute Gasteiger partial charge is 0.279 e. The van der Waals surface area contributed by atoms with E-state index in [-0.39, 0.29) is 10.6 Å². The monoisotopic (exact) mass is 414 g/mol. The van der Waals surface area contributed by atoms with Gasteiger partial charge in [-0.3, -0.25) is 14.6 Å². The van der Waals surface area contributed by atoms with Crippen molar-refractivity contribution < 1.29 is 17.9 Å². The third kappa shape index (κ3) is 4.94. The molecule has 3 aromatic rings. The quantitative estimate of drug-likeness (QED) is 0.523. The molecule has 3 N–H and O–H groups in total. The van der Waals surface area contributed by atoms with Crippen LogP contribution in [0.4, 0.5) is 11.4 Å². The van der Waals surface area contributed by atoms with E-state index in [2.05, 4.69) is 20.2 Å². The zero-order valence-electron chi connectivity index (χ0n) is 16.1. The molecule has 0 aliphatic rings. The van der Waals surface area contributed by atoms with E-state index in [0.29, 0.717) is 23.7 Å². The van der Waals surface area contributed by atoms with Gasteiger partial charge < -0.3 is 10.1 Å². The van der Waals surface area contributed by atoms with Gasteiger partial charge in [-0.15, -0.1) is 0 Å². The Morgan fingerprint density at radius 2 is 1.86 bits per heavy atom. The van der Waals surface area contributed by atoms with Gasteiger partial charge in [0.1, 0.15) is 5.75 Å². The molecule has 0 aliphatic carbocycles. The van der Waals surface area contributed by atoms with Crippen molar-refractivity contribution in [1.82, 2.24) is 10.2 Å². The lowest BCUT2D eigenvalue weighted by Gasteiger charge is -2.10. The largest absolute Gasteiger partial charge is 0.494 e. The second kappa shape index (κ2) is 8.78. The van der Waals surface area contributed by atoms with Crippen LogP contribution in [0.2, 0.25) is 0 Å². The molecule has 9 heteroatoms. The van der Waals surface area contributed by atoms with Crippen LogP contribution in [0.5, 0.6) is 5.75 Å². The SMILES string of the molecule is CCOc1ccc(NS(=O)(=O)c2[nH]ncc2C(=O)Nc2cccc(CC)c2)cc1. The third-order valence-electron chi connectivity index (χ3n) is 4.13. The predicted molar refractivity (Wildman–Crippen MR) is 111 cm³/mol. The van der Waals surface area contributed by atoms with E-state index < -0.39 is 15.9 Å². The number of carbonyl (C=O) groups excluding carboxylic acids is 1. The van der Waals surface area contributed by atoms with E-state index in [0.717, 1.165) is 12.0 Å². The first kappa shape index (κ1) is 20.4. The first-order chi connectivity index (χ1) is 13.9. The molecule has 0 fully saturated rings. The van der Waals surface area contributed by atoms with Crippen molar-refractivity contribution in [3.63, 3.8) is 0 Å². The number of aryl methyl sites for hydroxylation is 1. The number of benzene rings is 2. The molecule has 0 aliphatic heterocycles. The number of aromatic amines is 1. The van der Waals surface area contributed by atoms with Gasteiger partial charge in [-0.2, -0.15) is 13.5 Å². The first-order valence-electron chi connectivity index (χ1n) is 9.12. The molecule has 0 bridgehead atoms. The standard InChI is InChI=1S/C20H22N4O4S/c1-3-14-6-5-7-16(12-14)22-19(25)18-13-21-23-20(18)29(26,27)24-15-8-10-17(11-9-15)28-4-2/h5-13,24H,3-4H2,1-2H3,(H,21,23)(H,22,25). The maximum Gasteiger partial charge on any atom is 0.279 e. The van der Waals surface area contributed by atoms with Crippen molar-refractivity contribution in [3.05, 3.63) is 65.9 Å². The third-order valence-corrected chi connectivity index (χ3v) is 5.48. The van der Waals surface area contributed by atoms with Gasteiger partial charge >= 0.3 is 0 Å². The van der Waals surface area contributed by atoms with Gasteiger partial charge in [-0.1, -0.05) is 19.1 Å². The molecule has 1 heterocycles. The lowest BCUT2D eigenvalue weighted by Crippen LogP contribution is -2.19. The van der Waals surface area contributed by atoms with E-state index in [4.69, 9.17) is 4.74 Å². The van der Waals surface area contributed by atoms with E-state index in [1.165, 1.54) is 6.20 Å². The van der Waals surface area contributed by atoms with Gasteiger partial charge in [-0.05, 0) is 55.3 Å². The Balaban J connectivity index is 1.79. The van der Waals surface area contributed by atoms with Crippen LogP contribution in [-0.4, -0.2) is 31.1 Å². The van der Waals surface area contributed by atoms with Crippen molar-refractivity contribution in [2.45, 2.75) is 25.3 Å². The summed E-state index contributed by atoms with van der Waals surface area (Å²) < 4.78 is 33.3. The maximum absolute atomic E-state index is 12.8. The highest BCUT2D eigenvalue weighted by Gasteiger charge is 2.25. The summed E-state index contributed by atoms with van der Waals surface area (Å²) in [6.07, 6.45) is 2.01. The predicted octanol–water partition coefficient (Wildman–Crippen LogP) is 3.42. The second-order valence-electron chi connectivity index (χ2n) is 6.18. The fourth-order valence-corrected chi connectivity index (χ4v) is 3.86. The van der Waals surface area contributed by atoms with Crippen LogP contribution in [0.15, 0.2) is 59.8 Å². The Morgan fingerprint density at radius 1 is 1.10 bits per heavy atom. The van der Waals surface area contributed by atoms with Crippen LogP contribution in [0.1, 0.15) is 29.8 Å². The lowest BCUT2D eigenvalue weighted by molar-refractivity contribution is 0.102. The summed E-state index contributed by atoms with van der Waals surface area (Å²) >= 11 is 0. The van der Waals surface area contributed by atoms with Crippen molar-refractivity contribution in [3.8, 4) is 5.75 Å². The molecule has 1 amide bonds. The van der Waals surface area contributed by atoms with Gasteiger partial charge in [0.05, 0.1) is 18.4 Å². The number of hydrogen-bond donors (Lipinski definition) is 3. The van der Waals surface area contributed by atoms with Crippen molar-refractivity contribution in [2.75, 3.05) is 16.6 Å². The van der Waals surface area contributed by atoms with Crippen LogP contribution in [0, 0.1) is 0 Å². The number of rotatable bonds is 8. The molecule has 1 aromatic heterocycles.